The molecule has 0 saturated heterocycles. The number of hydrogen-bond acceptors (Lipinski definition) is 2. The van der Waals surface area contributed by atoms with Gasteiger partial charge in [-0.05, 0) is 41.9 Å². The Labute approximate surface area is 115 Å². The Morgan fingerprint density at radius 2 is 2.28 bits per heavy atom. The van der Waals surface area contributed by atoms with Gasteiger partial charge in [0.05, 0.1) is 13.0 Å². The normalized spacial score (nSPS) is 16.6. The van der Waals surface area contributed by atoms with Crippen molar-refractivity contribution in [2.75, 3.05) is 7.11 Å². The number of rotatable bonds is 6. The number of carboxylic acid groups (broad SMARTS) is 1. The number of aliphatic carboxylic acids is 1. The molecule has 1 aromatic carbocycles. The average Bonchev–Trinajstić information content (AvgIpc) is 3.11. The summed E-state index contributed by atoms with van der Waals surface area (Å²) in [6.45, 7) is 0.525. The van der Waals surface area contributed by atoms with Crippen LogP contribution in [0.3, 0.4) is 0 Å². The van der Waals surface area contributed by atoms with E-state index in [-0.39, 0.29) is 12.3 Å². The molecule has 0 heterocycles. The molecule has 3 nitrogen and oxygen atoms in total. The van der Waals surface area contributed by atoms with Gasteiger partial charge in [-0.15, -0.1) is 0 Å². The number of carboxylic acids is 1. The second-order valence-corrected chi connectivity index (χ2v) is 5.64. The van der Waals surface area contributed by atoms with Crippen LogP contribution in [0.5, 0.6) is 0 Å². The predicted octanol–water partition coefficient (Wildman–Crippen LogP) is 3.56. The maximum Gasteiger partial charge on any atom is 0.303 e. The Balaban J connectivity index is 2.35. The minimum atomic E-state index is -0.731. The van der Waals surface area contributed by atoms with Crippen molar-refractivity contribution in [1.29, 1.82) is 0 Å². The van der Waals surface area contributed by atoms with Gasteiger partial charge in [-0.3, -0.25) is 4.79 Å². The molecular weight excluding hydrogens is 296 g/mol. The minimum absolute atomic E-state index is 0.100. The monoisotopic (exact) mass is 312 g/mol. The zero-order valence-corrected chi connectivity index (χ0v) is 11.9. The number of hydrogen-bond donors (Lipinski definition) is 1. The van der Waals surface area contributed by atoms with Crippen molar-refractivity contribution in [3.8, 4) is 0 Å². The summed E-state index contributed by atoms with van der Waals surface area (Å²) >= 11 is 3.56. The first-order valence-electron chi connectivity index (χ1n) is 6.11. The van der Waals surface area contributed by atoms with E-state index in [0.29, 0.717) is 12.5 Å². The molecule has 1 aromatic rings. The molecule has 0 bridgehead atoms. The van der Waals surface area contributed by atoms with E-state index in [2.05, 4.69) is 15.9 Å². The van der Waals surface area contributed by atoms with Gasteiger partial charge in [0.2, 0.25) is 0 Å². The molecule has 4 heteroatoms. The van der Waals surface area contributed by atoms with Gasteiger partial charge in [0.1, 0.15) is 0 Å². The lowest BCUT2D eigenvalue weighted by atomic mass is 9.88. The van der Waals surface area contributed by atoms with Crippen molar-refractivity contribution in [3.63, 3.8) is 0 Å². The van der Waals surface area contributed by atoms with Crippen LogP contribution >= 0.6 is 15.9 Å². The smallest absolute Gasteiger partial charge is 0.303 e. The predicted molar refractivity (Wildman–Crippen MR) is 72.6 cm³/mol. The molecule has 2 rings (SSSR count). The molecule has 0 radical (unpaired) electrons. The van der Waals surface area contributed by atoms with Gasteiger partial charge >= 0.3 is 5.97 Å². The van der Waals surface area contributed by atoms with Crippen molar-refractivity contribution in [1.82, 2.24) is 0 Å². The van der Waals surface area contributed by atoms with Crippen molar-refractivity contribution < 1.29 is 14.6 Å². The number of halogens is 1. The van der Waals surface area contributed by atoms with E-state index in [4.69, 9.17) is 9.84 Å². The summed E-state index contributed by atoms with van der Waals surface area (Å²) in [6.07, 6.45) is 2.46. The SMILES string of the molecule is COCc1cccc(Br)c1C(CC(=O)O)C1CC1. The van der Waals surface area contributed by atoms with E-state index in [1.54, 1.807) is 7.11 Å². The maximum atomic E-state index is 11.0. The summed E-state index contributed by atoms with van der Waals surface area (Å²) in [5, 5.41) is 9.09. The summed E-state index contributed by atoms with van der Waals surface area (Å²) in [5.74, 6) is -0.121. The second-order valence-electron chi connectivity index (χ2n) is 4.79. The quantitative estimate of drug-likeness (QED) is 0.873. The van der Waals surface area contributed by atoms with E-state index in [0.717, 1.165) is 28.4 Å². The summed E-state index contributed by atoms with van der Waals surface area (Å²) in [6, 6.07) is 5.96. The lowest BCUT2D eigenvalue weighted by molar-refractivity contribution is -0.137. The molecule has 98 valence electrons. The molecular formula is C14H17BrO3. The van der Waals surface area contributed by atoms with Crippen LogP contribution in [-0.4, -0.2) is 18.2 Å². The Kier molecular flexibility index (Phi) is 4.40. The number of methoxy groups -OCH3 is 1. The van der Waals surface area contributed by atoms with E-state index < -0.39 is 5.97 Å². The molecule has 1 aliphatic rings. The van der Waals surface area contributed by atoms with Crippen LogP contribution < -0.4 is 0 Å². The van der Waals surface area contributed by atoms with E-state index in [1.165, 1.54) is 0 Å². The molecule has 0 amide bonds. The van der Waals surface area contributed by atoms with Crippen molar-refractivity contribution in [3.05, 3.63) is 33.8 Å². The van der Waals surface area contributed by atoms with Gasteiger partial charge in [0.15, 0.2) is 0 Å². The van der Waals surface area contributed by atoms with Gasteiger partial charge in [-0.2, -0.15) is 0 Å². The molecule has 1 fully saturated rings. The summed E-state index contributed by atoms with van der Waals surface area (Å²) in [7, 11) is 1.66. The fourth-order valence-electron chi connectivity index (χ4n) is 2.47. The third-order valence-corrected chi connectivity index (χ3v) is 4.09. The van der Waals surface area contributed by atoms with Gasteiger partial charge in [-0.1, -0.05) is 28.1 Å². The van der Waals surface area contributed by atoms with E-state index in [1.807, 2.05) is 18.2 Å². The largest absolute Gasteiger partial charge is 0.481 e. The lowest BCUT2D eigenvalue weighted by Crippen LogP contribution is -2.12. The zero-order chi connectivity index (χ0) is 13.1. The third-order valence-electron chi connectivity index (χ3n) is 3.40. The minimum Gasteiger partial charge on any atom is -0.481 e. The first-order chi connectivity index (χ1) is 8.63. The standard InChI is InChI=1S/C14H17BrO3/c1-18-8-10-3-2-4-12(15)14(10)11(7-13(16)17)9-5-6-9/h2-4,9,11H,5-8H2,1H3,(H,16,17). The summed E-state index contributed by atoms with van der Waals surface area (Å²) in [5.41, 5.74) is 2.20. The molecule has 1 aliphatic carbocycles. The lowest BCUT2D eigenvalue weighted by Gasteiger charge is -2.20. The van der Waals surface area contributed by atoms with Crippen LogP contribution in [0, 0.1) is 5.92 Å². The Bertz CT molecular complexity index is 441. The number of benzene rings is 1. The molecule has 18 heavy (non-hydrogen) atoms. The number of carbonyl (C=O) groups is 1. The van der Waals surface area contributed by atoms with Crippen LogP contribution in [-0.2, 0) is 16.1 Å². The summed E-state index contributed by atoms with van der Waals surface area (Å²) in [4.78, 5) is 11.0. The molecule has 1 atom stereocenters. The van der Waals surface area contributed by atoms with Crippen LogP contribution in [0.2, 0.25) is 0 Å². The van der Waals surface area contributed by atoms with Gasteiger partial charge in [0, 0.05) is 11.6 Å². The van der Waals surface area contributed by atoms with E-state index >= 15 is 0 Å². The molecule has 0 aliphatic heterocycles. The fourth-order valence-corrected chi connectivity index (χ4v) is 3.17. The molecule has 0 spiro atoms. The van der Waals surface area contributed by atoms with Crippen molar-refractivity contribution in [2.24, 2.45) is 5.92 Å². The highest BCUT2D eigenvalue weighted by atomic mass is 79.9. The van der Waals surface area contributed by atoms with Crippen LogP contribution in [0.1, 0.15) is 36.3 Å². The molecule has 1 saturated carbocycles. The Morgan fingerprint density at radius 1 is 1.56 bits per heavy atom. The summed E-state index contributed by atoms with van der Waals surface area (Å²) < 4.78 is 6.21. The highest BCUT2D eigenvalue weighted by molar-refractivity contribution is 9.10. The fraction of sp³-hybridized carbons (Fsp3) is 0.500. The van der Waals surface area contributed by atoms with Crippen LogP contribution in [0.25, 0.3) is 0 Å². The number of ether oxygens (including phenoxy) is 1. The molecule has 1 N–H and O–H groups in total. The first kappa shape index (κ1) is 13.6. The second kappa shape index (κ2) is 5.85. The van der Waals surface area contributed by atoms with Crippen LogP contribution in [0.15, 0.2) is 22.7 Å². The van der Waals surface area contributed by atoms with Gasteiger partial charge in [-0.25, -0.2) is 0 Å². The van der Waals surface area contributed by atoms with Gasteiger partial charge in [0.25, 0.3) is 0 Å². The zero-order valence-electron chi connectivity index (χ0n) is 10.4. The first-order valence-corrected chi connectivity index (χ1v) is 6.90. The van der Waals surface area contributed by atoms with Crippen molar-refractivity contribution >= 4 is 21.9 Å². The van der Waals surface area contributed by atoms with E-state index in [9.17, 15) is 4.79 Å². The maximum absolute atomic E-state index is 11.0. The topological polar surface area (TPSA) is 46.5 Å². The highest BCUT2D eigenvalue weighted by Crippen LogP contribution is 2.47. The van der Waals surface area contributed by atoms with Gasteiger partial charge < -0.3 is 9.84 Å². The Morgan fingerprint density at radius 3 is 2.83 bits per heavy atom. The highest BCUT2D eigenvalue weighted by Gasteiger charge is 2.35. The third kappa shape index (κ3) is 3.12. The Hall–Kier alpha value is -0.870. The average molecular weight is 313 g/mol. The van der Waals surface area contributed by atoms with Crippen molar-refractivity contribution in [2.45, 2.75) is 31.8 Å². The van der Waals surface area contributed by atoms with Crippen LogP contribution in [0.4, 0.5) is 0 Å². The molecule has 1 unspecified atom stereocenters. The molecule has 0 aromatic heterocycles.